The number of carbonyl (C=O) groups excluding carboxylic acids is 1. The summed E-state index contributed by atoms with van der Waals surface area (Å²) in [6.07, 6.45) is 1.42. The lowest BCUT2D eigenvalue weighted by Gasteiger charge is -2.26. The molecule has 2 aromatic rings. The first-order chi connectivity index (χ1) is 12.7. The van der Waals surface area contributed by atoms with E-state index in [9.17, 15) is 17.6 Å². The molecule has 0 bridgehead atoms. The summed E-state index contributed by atoms with van der Waals surface area (Å²) in [5.41, 5.74) is 6.12. The van der Waals surface area contributed by atoms with E-state index in [1.165, 1.54) is 36.4 Å². The van der Waals surface area contributed by atoms with Gasteiger partial charge >= 0.3 is 0 Å². The molecule has 0 aliphatic rings. The van der Waals surface area contributed by atoms with Crippen molar-refractivity contribution in [2.24, 2.45) is 5.73 Å². The highest BCUT2D eigenvalue weighted by Crippen LogP contribution is 2.18. The molecule has 0 aromatic heterocycles. The summed E-state index contributed by atoms with van der Waals surface area (Å²) < 4.78 is 40.3. The number of hydrogen-bond donors (Lipinski definition) is 3. The Morgan fingerprint density at radius 2 is 1.74 bits per heavy atom. The summed E-state index contributed by atoms with van der Waals surface area (Å²) in [5, 5.41) is 2.76. The number of hydrogen-bond acceptors (Lipinski definition) is 4. The number of rotatable bonds is 8. The van der Waals surface area contributed by atoms with Gasteiger partial charge < -0.3 is 11.1 Å². The Morgan fingerprint density at radius 1 is 1.11 bits per heavy atom. The Morgan fingerprint density at radius 3 is 2.33 bits per heavy atom. The molecule has 146 valence electrons. The zero-order chi connectivity index (χ0) is 20.1. The fourth-order valence-corrected chi connectivity index (χ4v) is 3.50. The number of amides is 1. The van der Waals surface area contributed by atoms with E-state index in [0.717, 1.165) is 12.1 Å². The maximum Gasteiger partial charge on any atom is 0.261 e. The van der Waals surface area contributed by atoms with Gasteiger partial charge in [0.1, 0.15) is 5.82 Å². The van der Waals surface area contributed by atoms with Crippen LogP contribution in [-0.2, 0) is 10.0 Å². The summed E-state index contributed by atoms with van der Waals surface area (Å²) >= 11 is 0. The number of sulfonamides is 1. The monoisotopic (exact) mass is 393 g/mol. The van der Waals surface area contributed by atoms with Crippen LogP contribution < -0.4 is 15.8 Å². The average molecular weight is 393 g/mol. The summed E-state index contributed by atoms with van der Waals surface area (Å²) in [7, 11) is -3.91. The second kappa shape index (κ2) is 8.49. The van der Waals surface area contributed by atoms with Crippen LogP contribution >= 0.6 is 0 Å². The van der Waals surface area contributed by atoms with E-state index in [0.29, 0.717) is 19.4 Å². The first kappa shape index (κ1) is 20.9. The van der Waals surface area contributed by atoms with Crippen molar-refractivity contribution < 1.29 is 17.6 Å². The van der Waals surface area contributed by atoms with E-state index >= 15 is 0 Å². The lowest BCUT2D eigenvalue weighted by atomic mass is 9.94. The molecule has 6 nitrogen and oxygen atoms in total. The molecule has 27 heavy (non-hydrogen) atoms. The summed E-state index contributed by atoms with van der Waals surface area (Å²) in [6.45, 7) is 4.19. The third-order valence-corrected chi connectivity index (χ3v) is 5.89. The van der Waals surface area contributed by atoms with Crippen LogP contribution in [-0.4, -0.2) is 26.4 Å². The van der Waals surface area contributed by atoms with E-state index in [1.54, 1.807) is 0 Å². The van der Waals surface area contributed by atoms with Crippen molar-refractivity contribution >= 4 is 21.6 Å². The maximum atomic E-state index is 13.0. The molecule has 0 radical (unpaired) electrons. The lowest BCUT2D eigenvalue weighted by Crippen LogP contribution is -2.49. The van der Waals surface area contributed by atoms with E-state index in [1.807, 2.05) is 13.8 Å². The smallest absolute Gasteiger partial charge is 0.261 e. The van der Waals surface area contributed by atoms with Crippen molar-refractivity contribution in [2.75, 3.05) is 11.3 Å². The van der Waals surface area contributed by atoms with Gasteiger partial charge in [-0.25, -0.2) is 12.8 Å². The van der Waals surface area contributed by atoms with Crippen LogP contribution in [0.25, 0.3) is 0 Å². The fourth-order valence-electron chi connectivity index (χ4n) is 2.39. The number of benzene rings is 2. The van der Waals surface area contributed by atoms with Crippen molar-refractivity contribution in [3.63, 3.8) is 0 Å². The topological polar surface area (TPSA) is 101 Å². The number of carbonyl (C=O) groups is 1. The lowest BCUT2D eigenvalue weighted by molar-refractivity contribution is 0.0942. The molecule has 0 saturated carbocycles. The molecule has 8 heteroatoms. The largest absolute Gasteiger partial charge is 0.350 e. The molecule has 0 spiro atoms. The van der Waals surface area contributed by atoms with Crippen LogP contribution in [0.5, 0.6) is 0 Å². The average Bonchev–Trinajstić information content (AvgIpc) is 2.67. The minimum atomic E-state index is -3.91. The van der Waals surface area contributed by atoms with E-state index in [4.69, 9.17) is 5.73 Å². The van der Waals surface area contributed by atoms with Gasteiger partial charge in [0, 0.05) is 23.3 Å². The van der Waals surface area contributed by atoms with Gasteiger partial charge in [0.25, 0.3) is 15.9 Å². The highest BCUT2D eigenvalue weighted by molar-refractivity contribution is 7.92. The Labute approximate surface area is 159 Å². The summed E-state index contributed by atoms with van der Waals surface area (Å²) in [4.78, 5) is 12.3. The second-order valence-corrected chi connectivity index (χ2v) is 8.07. The first-order valence-corrected chi connectivity index (χ1v) is 10.1. The van der Waals surface area contributed by atoms with Crippen LogP contribution in [0.2, 0.25) is 0 Å². The van der Waals surface area contributed by atoms with Crippen molar-refractivity contribution in [1.82, 2.24) is 5.32 Å². The van der Waals surface area contributed by atoms with Gasteiger partial charge in [-0.3, -0.25) is 9.52 Å². The normalized spacial score (nSPS) is 11.9. The van der Waals surface area contributed by atoms with Crippen LogP contribution in [0.15, 0.2) is 53.4 Å². The van der Waals surface area contributed by atoms with Crippen LogP contribution in [0.3, 0.4) is 0 Å². The third-order valence-electron chi connectivity index (χ3n) is 4.51. The predicted octanol–water partition coefficient (Wildman–Crippen LogP) is 2.87. The van der Waals surface area contributed by atoms with Gasteiger partial charge in [-0.15, -0.1) is 0 Å². The Bertz CT molecular complexity index is 895. The number of anilines is 1. The zero-order valence-electron chi connectivity index (χ0n) is 15.3. The number of nitrogens with one attached hydrogen (secondary N) is 2. The molecule has 0 aliphatic heterocycles. The molecular formula is C19H24FN3O3S. The molecule has 0 aliphatic carbocycles. The third kappa shape index (κ3) is 5.51. The Hall–Kier alpha value is -2.45. The van der Waals surface area contributed by atoms with E-state index in [-0.39, 0.29) is 16.1 Å². The van der Waals surface area contributed by atoms with Gasteiger partial charge in [-0.1, -0.05) is 19.9 Å². The van der Waals surface area contributed by atoms with Gasteiger partial charge in [0.2, 0.25) is 0 Å². The molecular weight excluding hydrogens is 369 g/mol. The number of halogens is 1. The molecule has 2 aromatic carbocycles. The highest BCUT2D eigenvalue weighted by Gasteiger charge is 2.22. The number of nitrogens with two attached hydrogens (primary N) is 1. The molecule has 0 atom stereocenters. The maximum absolute atomic E-state index is 13.0. The summed E-state index contributed by atoms with van der Waals surface area (Å²) in [5.74, 6) is -0.864. The second-order valence-electron chi connectivity index (χ2n) is 6.39. The quantitative estimate of drug-likeness (QED) is 0.642. The van der Waals surface area contributed by atoms with Gasteiger partial charge in [-0.2, -0.15) is 0 Å². The van der Waals surface area contributed by atoms with Crippen molar-refractivity contribution in [3.05, 3.63) is 59.9 Å². The molecule has 2 rings (SSSR count). The fraction of sp³-hybridized carbons (Fsp3) is 0.316. The first-order valence-electron chi connectivity index (χ1n) is 8.64. The molecule has 0 unspecified atom stereocenters. The molecule has 0 fully saturated rings. The van der Waals surface area contributed by atoms with Crippen LogP contribution in [0.4, 0.5) is 10.1 Å². The van der Waals surface area contributed by atoms with Crippen molar-refractivity contribution in [2.45, 2.75) is 37.1 Å². The van der Waals surface area contributed by atoms with Gasteiger partial charge in [-0.05, 0) is 55.3 Å². The van der Waals surface area contributed by atoms with Crippen molar-refractivity contribution in [1.29, 1.82) is 0 Å². The van der Waals surface area contributed by atoms with Gasteiger partial charge in [0.05, 0.1) is 4.90 Å². The van der Waals surface area contributed by atoms with Crippen LogP contribution in [0, 0.1) is 5.82 Å². The molecule has 0 heterocycles. The van der Waals surface area contributed by atoms with E-state index < -0.39 is 27.3 Å². The highest BCUT2D eigenvalue weighted by atomic mass is 32.2. The minimum absolute atomic E-state index is 0.0653. The molecule has 4 N–H and O–H groups in total. The molecule has 0 saturated heterocycles. The molecule has 1 amide bonds. The van der Waals surface area contributed by atoms with Crippen LogP contribution in [0.1, 0.15) is 37.0 Å². The standard InChI is InChI=1S/C19H24FN3O3S/c1-3-19(21,4-2)13-22-18(24)14-6-5-7-17(12-14)27(25,26)23-16-10-8-15(20)9-11-16/h5-12,23H,3-4,13,21H2,1-2H3,(H,22,24). The Kier molecular flexibility index (Phi) is 6.56. The predicted molar refractivity (Wildman–Crippen MR) is 103 cm³/mol. The minimum Gasteiger partial charge on any atom is -0.350 e. The zero-order valence-corrected chi connectivity index (χ0v) is 16.1. The summed E-state index contributed by atoms with van der Waals surface area (Å²) in [6, 6.07) is 10.6. The van der Waals surface area contributed by atoms with Crippen molar-refractivity contribution in [3.8, 4) is 0 Å². The van der Waals surface area contributed by atoms with E-state index in [2.05, 4.69) is 10.0 Å². The SMILES string of the molecule is CCC(N)(CC)CNC(=O)c1cccc(S(=O)(=O)Nc2ccc(F)cc2)c1. The van der Waals surface area contributed by atoms with Gasteiger partial charge in [0.15, 0.2) is 0 Å². The Balaban J connectivity index is 2.16.